The van der Waals surface area contributed by atoms with Crippen LogP contribution in [0.4, 0.5) is 0 Å². The van der Waals surface area contributed by atoms with Crippen LogP contribution >= 0.6 is 0 Å². The molecule has 1 fully saturated rings. The predicted molar refractivity (Wildman–Crippen MR) is 111 cm³/mol. The lowest BCUT2D eigenvalue weighted by Gasteiger charge is -2.34. The van der Waals surface area contributed by atoms with Gasteiger partial charge < -0.3 is 14.4 Å². The quantitative estimate of drug-likeness (QED) is 0.689. The summed E-state index contributed by atoms with van der Waals surface area (Å²) in [7, 11) is 1.96. The predicted octanol–water partition coefficient (Wildman–Crippen LogP) is 2.49. The Morgan fingerprint density at radius 1 is 0.966 bits per heavy atom. The van der Waals surface area contributed by atoms with Crippen molar-refractivity contribution in [1.82, 2.24) is 24.1 Å². The Morgan fingerprint density at radius 3 is 2.31 bits per heavy atom. The topological polar surface area (TPSA) is 63.4 Å². The summed E-state index contributed by atoms with van der Waals surface area (Å²) >= 11 is 0. The van der Waals surface area contributed by atoms with Crippen molar-refractivity contribution in [2.75, 3.05) is 26.2 Å². The van der Waals surface area contributed by atoms with Gasteiger partial charge in [0.2, 0.25) is 5.91 Å². The molecule has 0 N–H and O–H groups in total. The van der Waals surface area contributed by atoms with Gasteiger partial charge in [-0.1, -0.05) is 12.1 Å². The van der Waals surface area contributed by atoms with Gasteiger partial charge in [-0.3, -0.25) is 9.59 Å². The molecule has 0 unspecified atom stereocenters. The molecule has 4 rings (SSSR count). The van der Waals surface area contributed by atoms with Gasteiger partial charge in [-0.2, -0.15) is 5.10 Å². The number of benzene rings is 1. The summed E-state index contributed by atoms with van der Waals surface area (Å²) in [5, 5.41) is 4.77. The summed E-state index contributed by atoms with van der Waals surface area (Å²) in [6.45, 7) is 5.76. The van der Waals surface area contributed by atoms with Crippen LogP contribution in [0.25, 0.3) is 17.1 Å². The van der Waals surface area contributed by atoms with E-state index in [1.165, 1.54) is 0 Å². The van der Waals surface area contributed by atoms with Crippen LogP contribution in [0.15, 0.2) is 48.7 Å². The van der Waals surface area contributed by atoms with E-state index in [2.05, 4.69) is 0 Å². The van der Waals surface area contributed by atoms with Crippen molar-refractivity contribution >= 4 is 11.8 Å². The first-order chi connectivity index (χ1) is 13.9. The standard InChI is InChI=1S/C22H25N5O2/c1-16-6-4-7-18(14-16)27-21(15-19(23-27)20-8-5-9-24(20)3)22(29)26-12-10-25(11-13-26)17(2)28/h4-9,14-15H,10-13H2,1-3H3. The number of hydrogen-bond acceptors (Lipinski definition) is 3. The molecule has 7 nitrogen and oxygen atoms in total. The molecule has 29 heavy (non-hydrogen) atoms. The Labute approximate surface area is 170 Å². The summed E-state index contributed by atoms with van der Waals surface area (Å²) in [5.41, 5.74) is 4.20. The maximum absolute atomic E-state index is 13.4. The van der Waals surface area contributed by atoms with Gasteiger partial charge in [-0.15, -0.1) is 0 Å². The van der Waals surface area contributed by atoms with Gasteiger partial charge in [0.05, 0.1) is 11.4 Å². The summed E-state index contributed by atoms with van der Waals surface area (Å²) in [6, 6.07) is 13.8. The van der Waals surface area contributed by atoms with Crippen molar-refractivity contribution in [3.05, 3.63) is 59.9 Å². The molecule has 0 spiro atoms. The van der Waals surface area contributed by atoms with Crippen molar-refractivity contribution in [3.8, 4) is 17.1 Å². The fourth-order valence-electron chi connectivity index (χ4n) is 3.73. The molecular weight excluding hydrogens is 366 g/mol. The second-order valence-electron chi connectivity index (χ2n) is 7.47. The van der Waals surface area contributed by atoms with Gasteiger partial charge in [0.25, 0.3) is 5.91 Å². The largest absolute Gasteiger partial charge is 0.349 e. The molecule has 0 radical (unpaired) electrons. The average molecular weight is 391 g/mol. The van der Waals surface area contributed by atoms with Crippen molar-refractivity contribution < 1.29 is 9.59 Å². The summed E-state index contributed by atoms with van der Waals surface area (Å²) in [4.78, 5) is 28.5. The summed E-state index contributed by atoms with van der Waals surface area (Å²) in [5.74, 6) is -0.0180. The molecule has 0 saturated carbocycles. The third kappa shape index (κ3) is 3.68. The van der Waals surface area contributed by atoms with E-state index in [1.54, 1.807) is 21.4 Å². The Kier molecular flexibility index (Phi) is 4.96. The average Bonchev–Trinajstić information content (AvgIpc) is 3.33. The number of aromatic nitrogens is 3. The second-order valence-corrected chi connectivity index (χ2v) is 7.47. The zero-order valence-electron chi connectivity index (χ0n) is 17.0. The zero-order valence-corrected chi connectivity index (χ0v) is 17.0. The minimum absolute atomic E-state index is 0.0490. The molecule has 3 aromatic rings. The lowest BCUT2D eigenvalue weighted by Crippen LogP contribution is -2.50. The van der Waals surface area contributed by atoms with E-state index in [0.29, 0.717) is 31.9 Å². The highest BCUT2D eigenvalue weighted by Gasteiger charge is 2.27. The van der Waals surface area contributed by atoms with Crippen LogP contribution in [0.1, 0.15) is 23.0 Å². The van der Waals surface area contributed by atoms with Gasteiger partial charge in [-0.25, -0.2) is 4.68 Å². The third-order valence-electron chi connectivity index (χ3n) is 5.39. The number of rotatable bonds is 3. The van der Waals surface area contributed by atoms with Crippen LogP contribution in [-0.2, 0) is 11.8 Å². The molecule has 1 aromatic carbocycles. The van der Waals surface area contributed by atoms with Crippen molar-refractivity contribution in [1.29, 1.82) is 0 Å². The fraction of sp³-hybridized carbons (Fsp3) is 0.318. The van der Waals surface area contributed by atoms with E-state index in [9.17, 15) is 9.59 Å². The summed E-state index contributed by atoms with van der Waals surface area (Å²) in [6.07, 6.45) is 1.96. The monoisotopic (exact) mass is 391 g/mol. The van der Waals surface area contributed by atoms with Crippen molar-refractivity contribution in [2.24, 2.45) is 7.05 Å². The highest BCUT2D eigenvalue weighted by Crippen LogP contribution is 2.23. The molecule has 150 valence electrons. The molecule has 7 heteroatoms. The Bertz CT molecular complexity index is 1060. The number of hydrogen-bond donors (Lipinski definition) is 0. The minimum Gasteiger partial charge on any atom is -0.349 e. The van der Waals surface area contributed by atoms with Crippen LogP contribution in [0, 0.1) is 6.92 Å². The van der Waals surface area contributed by atoms with Gasteiger partial charge in [0, 0.05) is 46.3 Å². The lowest BCUT2D eigenvalue weighted by molar-refractivity contribution is -0.130. The van der Waals surface area contributed by atoms with Crippen LogP contribution in [0.3, 0.4) is 0 Å². The molecular formula is C22H25N5O2. The minimum atomic E-state index is -0.0670. The molecule has 2 amide bonds. The number of piperazine rings is 1. The first-order valence-electron chi connectivity index (χ1n) is 9.77. The molecule has 3 heterocycles. The van der Waals surface area contributed by atoms with Gasteiger partial charge in [0.1, 0.15) is 11.4 Å². The molecule has 0 aliphatic carbocycles. The highest BCUT2D eigenvalue weighted by atomic mass is 16.2. The van der Waals surface area contributed by atoms with E-state index in [0.717, 1.165) is 22.6 Å². The smallest absolute Gasteiger partial charge is 0.272 e. The Morgan fingerprint density at radius 2 is 1.69 bits per heavy atom. The van der Waals surface area contributed by atoms with Crippen molar-refractivity contribution in [3.63, 3.8) is 0 Å². The number of aryl methyl sites for hydroxylation is 2. The lowest BCUT2D eigenvalue weighted by atomic mass is 10.2. The van der Waals surface area contributed by atoms with Crippen LogP contribution in [0.2, 0.25) is 0 Å². The number of nitrogens with zero attached hydrogens (tertiary/aromatic N) is 5. The molecule has 2 aromatic heterocycles. The molecule has 1 aliphatic rings. The molecule has 0 bridgehead atoms. The number of carbonyl (C=O) groups excluding carboxylic acids is 2. The second kappa shape index (κ2) is 7.58. The normalized spacial score (nSPS) is 14.3. The van der Waals surface area contributed by atoms with E-state index in [4.69, 9.17) is 5.10 Å². The molecule has 1 saturated heterocycles. The van der Waals surface area contributed by atoms with Gasteiger partial charge in [-0.05, 0) is 42.8 Å². The van der Waals surface area contributed by atoms with E-state index >= 15 is 0 Å². The van der Waals surface area contributed by atoms with Crippen molar-refractivity contribution in [2.45, 2.75) is 13.8 Å². The highest BCUT2D eigenvalue weighted by molar-refractivity contribution is 5.94. The summed E-state index contributed by atoms with van der Waals surface area (Å²) < 4.78 is 3.72. The maximum atomic E-state index is 13.4. The van der Waals surface area contributed by atoms with Crippen LogP contribution < -0.4 is 0 Å². The Hall–Kier alpha value is -3.35. The van der Waals surface area contributed by atoms with Crippen LogP contribution in [0.5, 0.6) is 0 Å². The van der Waals surface area contributed by atoms with E-state index in [-0.39, 0.29) is 11.8 Å². The van der Waals surface area contributed by atoms with E-state index in [1.807, 2.05) is 67.2 Å². The van der Waals surface area contributed by atoms with Crippen LogP contribution in [-0.4, -0.2) is 62.1 Å². The zero-order chi connectivity index (χ0) is 20.5. The first kappa shape index (κ1) is 19.0. The first-order valence-corrected chi connectivity index (χ1v) is 9.77. The molecule has 1 aliphatic heterocycles. The van der Waals surface area contributed by atoms with Gasteiger partial charge >= 0.3 is 0 Å². The third-order valence-corrected chi connectivity index (χ3v) is 5.39. The Balaban J connectivity index is 1.71. The fourth-order valence-corrected chi connectivity index (χ4v) is 3.73. The molecule has 0 atom stereocenters. The number of carbonyl (C=O) groups is 2. The van der Waals surface area contributed by atoms with E-state index < -0.39 is 0 Å². The van der Waals surface area contributed by atoms with Gasteiger partial charge in [0.15, 0.2) is 0 Å². The number of amides is 2. The maximum Gasteiger partial charge on any atom is 0.272 e. The SMILES string of the molecule is CC(=O)N1CCN(C(=O)c2cc(-c3cccn3C)nn2-c2cccc(C)c2)CC1.